The highest BCUT2D eigenvalue weighted by Gasteiger charge is 2.33. The fraction of sp³-hybridized carbons (Fsp3) is 0.0377. The lowest BCUT2D eigenvalue weighted by Gasteiger charge is -2.27. The maximum atomic E-state index is 6.75. The molecule has 0 bridgehead atoms. The average molecular weight is 747 g/mol. The molecule has 0 saturated heterocycles. The van der Waals surface area contributed by atoms with Crippen LogP contribution in [0, 0.1) is 6.92 Å². The SMILES string of the molecule is Cc1ccnc(-n2c3ccccc3c3ccc(Oc4cccc(N5CN(c6c(-c7ccccc7)cccc6-c6ccccc6)c6c5ccc5ccccc65)c4)cc32)c1. The van der Waals surface area contributed by atoms with Gasteiger partial charge in [-0.25, -0.2) is 4.98 Å². The molecule has 5 nitrogen and oxygen atoms in total. The Balaban J connectivity index is 1.03. The van der Waals surface area contributed by atoms with Gasteiger partial charge in [0.15, 0.2) is 0 Å². The number of hydrogen-bond acceptors (Lipinski definition) is 4. The predicted molar refractivity (Wildman–Crippen MR) is 240 cm³/mol. The van der Waals surface area contributed by atoms with Crippen molar-refractivity contribution >= 4 is 55.3 Å². The van der Waals surface area contributed by atoms with Gasteiger partial charge in [0, 0.05) is 51.3 Å². The molecule has 1 aliphatic rings. The van der Waals surface area contributed by atoms with Crippen LogP contribution in [0.15, 0.2) is 200 Å². The molecule has 0 spiro atoms. The van der Waals surface area contributed by atoms with E-state index >= 15 is 0 Å². The van der Waals surface area contributed by atoms with Crippen molar-refractivity contribution < 1.29 is 4.74 Å². The quantitative estimate of drug-likeness (QED) is 0.163. The molecule has 0 N–H and O–H groups in total. The second-order valence-electron chi connectivity index (χ2n) is 14.9. The summed E-state index contributed by atoms with van der Waals surface area (Å²) in [7, 11) is 0. The molecular weight excluding hydrogens is 709 g/mol. The maximum absolute atomic E-state index is 6.75. The van der Waals surface area contributed by atoms with Crippen molar-refractivity contribution in [1.82, 2.24) is 9.55 Å². The number of benzene rings is 8. The molecule has 0 unspecified atom stereocenters. The Bertz CT molecular complexity index is 3100. The van der Waals surface area contributed by atoms with E-state index in [4.69, 9.17) is 9.72 Å². The van der Waals surface area contributed by atoms with E-state index in [1.165, 1.54) is 49.8 Å². The van der Waals surface area contributed by atoms with Gasteiger partial charge < -0.3 is 14.5 Å². The van der Waals surface area contributed by atoms with Gasteiger partial charge in [-0.15, -0.1) is 0 Å². The predicted octanol–water partition coefficient (Wildman–Crippen LogP) is 14.0. The van der Waals surface area contributed by atoms with Gasteiger partial charge in [-0.05, 0) is 77.5 Å². The van der Waals surface area contributed by atoms with Crippen molar-refractivity contribution in [3.63, 3.8) is 0 Å². The van der Waals surface area contributed by atoms with Crippen LogP contribution >= 0.6 is 0 Å². The monoisotopic (exact) mass is 746 g/mol. The van der Waals surface area contributed by atoms with Crippen molar-refractivity contribution in [3.8, 4) is 39.6 Å². The number of ether oxygens (including phenoxy) is 1. The normalized spacial score (nSPS) is 12.4. The summed E-state index contributed by atoms with van der Waals surface area (Å²) < 4.78 is 8.98. The fourth-order valence-electron chi connectivity index (χ4n) is 8.73. The number of para-hydroxylation sites is 2. The highest BCUT2D eigenvalue weighted by atomic mass is 16.5. The highest BCUT2D eigenvalue weighted by Crippen LogP contribution is 2.53. The molecule has 5 heteroatoms. The van der Waals surface area contributed by atoms with Crippen molar-refractivity contribution in [1.29, 1.82) is 0 Å². The molecule has 0 fully saturated rings. The topological polar surface area (TPSA) is 33.5 Å². The van der Waals surface area contributed by atoms with Gasteiger partial charge in [0.1, 0.15) is 24.0 Å². The maximum Gasteiger partial charge on any atom is 0.137 e. The number of fused-ring (bicyclic) bond motifs is 6. The standard InChI is InChI=1S/C53H38N4O/c1-36-30-31-54-51(32-36)57-48-25-11-10-22-46(48)47-28-27-42(34-50(47)57)58-41-20-12-19-40(33-41)55-35-56(53-45-21-9-8-18-39(45)26-29-49(53)55)52-43(37-14-4-2-5-15-37)23-13-24-44(52)38-16-6-3-7-17-38/h2-34H,35H2,1H3. The first-order chi connectivity index (χ1) is 28.7. The summed E-state index contributed by atoms with van der Waals surface area (Å²) in [6.45, 7) is 2.72. The number of aromatic nitrogens is 2. The molecule has 0 radical (unpaired) electrons. The number of anilines is 4. The zero-order valence-corrected chi connectivity index (χ0v) is 32.0. The number of nitrogens with zero attached hydrogens (tertiary/aromatic N) is 4. The van der Waals surface area contributed by atoms with Crippen LogP contribution in [0.2, 0.25) is 0 Å². The van der Waals surface area contributed by atoms with Crippen molar-refractivity contribution in [2.24, 2.45) is 0 Å². The van der Waals surface area contributed by atoms with E-state index in [1.54, 1.807) is 0 Å². The van der Waals surface area contributed by atoms with Crippen molar-refractivity contribution in [3.05, 3.63) is 206 Å². The van der Waals surface area contributed by atoms with E-state index in [2.05, 4.69) is 203 Å². The molecule has 10 aromatic rings. The van der Waals surface area contributed by atoms with Crippen LogP contribution in [0.3, 0.4) is 0 Å². The first kappa shape index (κ1) is 33.7. The van der Waals surface area contributed by atoms with Crippen LogP contribution in [0.4, 0.5) is 22.7 Å². The van der Waals surface area contributed by atoms with Gasteiger partial charge in [-0.3, -0.25) is 4.57 Å². The van der Waals surface area contributed by atoms with Crippen molar-refractivity contribution in [2.75, 3.05) is 16.5 Å². The lowest BCUT2D eigenvalue weighted by molar-refractivity contribution is 0.483. The zero-order valence-electron chi connectivity index (χ0n) is 32.0. The largest absolute Gasteiger partial charge is 0.457 e. The Morgan fingerprint density at radius 3 is 1.93 bits per heavy atom. The van der Waals surface area contributed by atoms with E-state index in [-0.39, 0.29) is 0 Å². The average Bonchev–Trinajstić information content (AvgIpc) is 3.83. The third kappa shape index (κ3) is 5.67. The summed E-state index contributed by atoms with van der Waals surface area (Å²) in [5.41, 5.74) is 12.6. The Kier molecular flexibility index (Phi) is 8.04. The van der Waals surface area contributed by atoms with Crippen LogP contribution in [0.25, 0.3) is 60.6 Å². The summed E-state index contributed by atoms with van der Waals surface area (Å²) in [5, 5.41) is 4.76. The molecule has 0 atom stereocenters. The molecule has 0 aliphatic carbocycles. The lowest BCUT2D eigenvalue weighted by Crippen LogP contribution is -2.25. The molecule has 276 valence electrons. The minimum atomic E-state index is 0.617. The van der Waals surface area contributed by atoms with Gasteiger partial charge in [0.25, 0.3) is 0 Å². The molecule has 11 rings (SSSR count). The summed E-state index contributed by atoms with van der Waals surface area (Å²) >= 11 is 0. The van der Waals surface area contributed by atoms with E-state index in [0.717, 1.165) is 50.7 Å². The number of hydrogen-bond donors (Lipinski definition) is 0. The van der Waals surface area contributed by atoms with Crippen LogP contribution in [-0.2, 0) is 0 Å². The Morgan fingerprint density at radius 1 is 0.483 bits per heavy atom. The molecule has 3 heterocycles. The minimum absolute atomic E-state index is 0.617. The minimum Gasteiger partial charge on any atom is -0.457 e. The van der Waals surface area contributed by atoms with Crippen LogP contribution < -0.4 is 14.5 Å². The number of pyridine rings is 1. The molecule has 8 aromatic carbocycles. The Morgan fingerprint density at radius 2 is 1.16 bits per heavy atom. The third-order valence-corrected chi connectivity index (χ3v) is 11.3. The second kappa shape index (κ2) is 13.8. The first-order valence-corrected chi connectivity index (χ1v) is 19.7. The molecule has 58 heavy (non-hydrogen) atoms. The first-order valence-electron chi connectivity index (χ1n) is 19.7. The smallest absolute Gasteiger partial charge is 0.137 e. The number of aryl methyl sites for hydroxylation is 1. The summed E-state index contributed by atoms with van der Waals surface area (Å²) in [6, 6.07) is 68.9. The van der Waals surface area contributed by atoms with Gasteiger partial charge >= 0.3 is 0 Å². The van der Waals surface area contributed by atoms with Gasteiger partial charge in [0.05, 0.1) is 28.1 Å². The Labute approximate surface area is 337 Å². The van der Waals surface area contributed by atoms with Crippen LogP contribution in [0.1, 0.15) is 5.56 Å². The fourth-order valence-corrected chi connectivity index (χ4v) is 8.73. The number of rotatable bonds is 7. The van der Waals surface area contributed by atoms with E-state index in [1.807, 2.05) is 18.3 Å². The molecular formula is C53H38N4O. The molecule has 2 aromatic heterocycles. The third-order valence-electron chi connectivity index (χ3n) is 11.3. The second-order valence-corrected chi connectivity index (χ2v) is 14.9. The van der Waals surface area contributed by atoms with Gasteiger partial charge in [-0.1, -0.05) is 133 Å². The van der Waals surface area contributed by atoms with Gasteiger partial charge in [0.2, 0.25) is 0 Å². The van der Waals surface area contributed by atoms with E-state index in [0.29, 0.717) is 6.67 Å². The van der Waals surface area contributed by atoms with Gasteiger partial charge in [-0.2, -0.15) is 0 Å². The molecule has 1 aliphatic heterocycles. The van der Waals surface area contributed by atoms with E-state index in [9.17, 15) is 0 Å². The zero-order chi connectivity index (χ0) is 38.6. The van der Waals surface area contributed by atoms with Crippen molar-refractivity contribution in [2.45, 2.75) is 6.92 Å². The summed E-state index contributed by atoms with van der Waals surface area (Å²) in [5.74, 6) is 2.42. The van der Waals surface area contributed by atoms with Crippen LogP contribution in [-0.4, -0.2) is 16.2 Å². The summed E-state index contributed by atoms with van der Waals surface area (Å²) in [4.78, 5) is 9.70. The van der Waals surface area contributed by atoms with Crippen LogP contribution in [0.5, 0.6) is 11.5 Å². The lowest BCUT2D eigenvalue weighted by atomic mass is 9.94. The molecule has 0 saturated carbocycles. The molecule has 0 amide bonds. The summed E-state index contributed by atoms with van der Waals surface area (Å²) in [6.07, 6.45) is 1.88. The van der Waals surface area contributed by atoms with E-state index < -0.39 is 0 Å². The Hall–Kier alpha value is -7.63. The highest BCUT2D eigenvalue weighted by molar-refractivity contribution is 6.10.